The summed E-state index contributed by atoms with van der Waals surface area (Å²) in [7, 11) is 0. The minimum absolute atomic E-state index is 0.109. The Kier molecular flexibility index (Phi) is 3.61. The van der Waals surface area contributed by atoms with Crippen molar-refractivity contribution in [3.05, 3.63) is 35.1 Å². The van der Waals surface area contributed by atoms with Gasteiger partial charge in [0.2, 0.25) is 0 Å². The van der Waals surface area contributed by atoms with Gasteiger partial charge in [-0.3, -0.25) is 4.79 Å². The molecule has 0 N–H and O–H groups in total. The largest absolute Gasteiger partial charge is 0.294 e. The molecule has 1 aromatic carbocycles. The van der Waals surface area contributed by atoms with Crippen LogP contribution in [0.1, 0.15) is 36.7 Å². The molecule has 1 rings (SSSR count). The highest BCUT2D eigenvalue weighted by molar-refractivity contribution is 5.98. The summed E-state index contributed by atoms with van der Waals surface area (Å²) in [6.45, 7) is 7.58. The molecule has 2 heteroatoms. The van der Waals surface area contributed by atoms with Gasteiger partial charge >= 0.3 is 0 Å². The van der Waals surface area contributed by atoms with Gasteiger partial charge in [-0.05, 0) is 30.5 Å². The fraction of sp³-hybridized carbons (Fsp3) is 0.462. The van der Waals surface area contributed by atoms with Gasteiger partial charge in [0.15, 0.2) is 5.78 Å². The van der Waals surface area contributed by atoms with Crippen LogP contribution < -0.4 is 0 Å². The normalized spacial score (nSPS) is 12.9. The Labute approximate surface area is 90.3 Å². The van der Waals surface area contributed by atoms with Gasteiger partial charge in [-0.25, -0.2) is 4.39 Å². The molecule has 0 aliphatic rings. The van der Waals surface area contributed by atoms with E-state index in [-0.39, 0.29) is 23.2 Å². The zero-order chi connectivity index (χ0) is 11.6. The van der Waals surface area contributed by atoms with E-state index in [1.54, 1.807) is 12.1 Å². The third-order valence-electron chi connectivity index (χ3n) is 2.80. The zero-order valence-corrected chi connectivity index (χ0v) is 9.67. The highest BCUT2D eigenvalue weighted by Crippen LogP contribution is 2.19. The van der Waals surface area contributed by atoms with E-state index >= 15 is 0 Å². The molecule has 0 bridgehead atoms. The zero-order valence-electron chi connectivity index (χ0n) is 9.67. The number of benzene rings is 1. The van der Waals surface area contributed by atoms with Crippen LogP contribution in [0.5, 0.6) is 0 Å². The third-order valence-corrected chi connectivity index (χ3v) is 2.80. The van der Waals surface area contributed by atoms with Crippen LogP contribution in [-0.4, -0.2) is 5.78 Å². The van der Waals surface area contributed by atoms with E-state index in [1.165, 1.54) is 6.07 Å². The van der Waals surface area contributed by atoms with Gasteiger partial charge < -0.3 is 0 Å². The highest BCUT2D eigenvalue weighted by Gasteiger charge is 2.21. The number of hydrogen-bond donors (Lipinski definition) is 0. The second-order valence-electron chi connectivity index (χ2n) is 4.38. The molecule has 0 radical (unpaired) electrons. The lowest BCUT2D eigenvalue weighted by Crippen LogP contribution is -2.18. The molecule has 0 saturated heterocycles. The molecule has 15 heavy (non-hydrogen) atoms. The highest BCUT2D eigenvalue weighted by atomic mass is 19.1. The van der Waals surface area contributed by atoms with Gasteiger partial charge in [0.05, 0.1) is 5.56 Å². The Morgan fingerprint density at radius 2 is 1.87 bits per heavy atom. The van der Waals surface area contributed by atoms with E-state index in [0.717, 1.165) is 5.56 Å². The van der Waals surface area contributed by atoms with Crippen molar-refractivity contribution in [2.45, 2.75) is 27.7 Å². The van der Waals surface area contributed by atoms with Crippen LogP contribution in [0.4, 0.5) is 4.39 Å². The smallest absolute Gasteiger partial charge is 0.168 e. The quantitative estimate of drug-likeness (QED) is 0.693. The molecule has 0 spiro atoms. The fourth-order valence-corrected chi connectivity index (χ4v) is 1.37. The van der Waals surface area contributed by atoms with Crippen molar-refractivity contribution >= 4 is 5.78 Å². The minimum atomic E-state index is -0.410. The predicted octanol–water partition coefficient (Wildman–Crippen LogP) is 3.61. The Bertz CT molecular complexity index is 369. The lowest BCUT2D eigenvalue weighted by molar-refractivity contribution is 0.0895. The molecule has 0 fully saturated rings. The molecule has 0 heterocycles. The van der Waals surface area contributed by atoms with Crippen LogP contribution >= 0.6 is 0 Å². The SMILES string of the molecule is Cc1ccc(C(=O)C(C)C(C)C)c(F)c1. The molecule has 0 aliphatic heterocycles. The first-order valence-electron chi connectivity index (χ1n) is 5.24. The monoisotopic (exact) mass is 208 g/mol. The molecule has 1 atom stereocenters. The summed E-state index contributed by atoms with van der Waals surface area (Å²) in [5.41, 5.74) is 1.04. The number of halogens is 1. The maximum absolute atomic E-state index is 13.5. The second kappa shape index (κ2) is 4.56. The van der Waals surface area contributed by atoms with Gasteiger partial charge in [-0.15, -0.1) is 0 Å². The Balaban J connectivity index is 3.01. The van der Waals surface area contributed by atoms with Crippen molar-refractivity contribution in [1.82, 2.24) is 0 Å². The first-order valence-corrected chi connectivity index (χ1v) is 5.24. The van der Waals surface area contributed by atoms with Crippen LogP contribution in [0.15, 0.2) is 18.2 Å². The van der Waals surface area contributed by atoms with E-state index < -0.39 is 5.82 Å². The van der Waals surface area contributed by atoms with Crippen molar-refractivity contribution in [3.8, 4) is 0 Å². The number of aryl methyl sites for hydroxylation is 1. The number of hydrogen-bond acceptors (Lipinski definition) is 1. The maximum atomic E-state index is 13.5. The topological polar surface area (TPSA) is 17.1 Å². The molecule has 1 unspecified atom stereocenters. The number of carbonyl (C=O) groups is 1. The Hall–Kier alpha value is -1.18. The summed E-state index contributed by atoms with van der Waals surface area (Å²) in [6.07, 6.45) is 0. The second-order valence-corrected chi connectivity index (χ2v) is 4.38. The summed E-state index contributed by atoms with van der Waals surface area (Å²) in [5.74, 6) is -0.421. The fourth-order valence-electron chi connectivity index (χ4n) is 1.37. The van der Waals surface area contributed by atoms with Crippen molar-refractivity contribution < 1.29 is 9.18 Å². The van der Waals surface area contributed by atoms with E-state index in [1.807, 2.05) is 27.7 Å². The molecule has 0 aromatic heterocycles. The summed E-state index contributed by atoms with van der Waals surface area (Å²) >= 11 is 0. The number of carbonyl (C=O) groups excluding carboxylic acids is 1. The molecular weight excluding hydrogens is 191 g/mol. The van der Waals surface area contributed by atoms with E-state index in [4.69, 9.17) is 0 Å². The van der Waals surface area contributed by atoms with Gasteiger partial charge in [0.25, 0.3) is 0 Å². The van der Waals surface area contributed by atoms with Crippen LogP contribution in [0.3, 0.4) is 0 Å². The predicted molar refractivity (Wildman–Crippen MR) is 59.5 cm³/mol. The molecule has 1 nitrogen and oxygen atoms in total. The molecular formula is C13H17FO. The Morgan fingerprint density at radius 1 is 1.27 bits per heavy atom. The standard InChI is InChI=1S/C13H17FO/c1-8(2)10(4)13(15)11-6-5-9(3)7-12(11)14/h5-8,10H,1-4H3. The summed E-state index contributed by atoms with van der Waals surface area (Å²) in [5, 5.41) is 0. The Morgan fingerprint density at radius 3 is 2.33 bits per heavy atom. The minimum Gasteiger partial charge on any atom is -0.294 e. The molecule has 82 valence electrons. The average Bonchev–Trinajstić information content (AvgIpc) is 2.15. The van der Waals surface area contributed by atoms with Crippen molar-refractivity contribution in [2.75, 3.05) is 0 Å². The van der Waals surface area contributed by atoms with Crippen molar-refractivity contribution in [3.63, 3.8) is 0 Å². The summed E-state index contributed by atoms with van der Waals surface area (Å²) in [4.78, 5) is 11.9. The van der Waals surface area contributed by atoms with Crippen LogP contribution in [0.2, 0.25) is 0 Å². The van der Waals surface area contributed by atoms with E-state index in [0.29, 0.717) is 0 Å². The van der Waals surface area contributed by atoms with Gasteiger partial charge in [-0.1, -0.05) is 26.8 Å². The number of rotatable bonds is 3. The lowest BCUT2D eigenvalue weighted by Gasteiger charge is -2.14. The molecule has 0 amide bonds. The summed E-state index contributed by atoms with van der Waals surface area (Å²) in [6, 6.07) is 4.75. The van der Waals surface area contributed by atoms with Crippen LogP contribution in [0, 0.1) is 24.6 Å². The van der Waals surface area contributed by atoms with Gasteiger partial charge in [0, 0.05) is 5.92 Å². The number of ketones is 1. The van der Waals surface area contributed by atoms with Crippen molar-refractivity contribution in [1.29, 1.82) is 0 Å². The first kappa shape index (κ1) is 11.9. The summed E-state index contributed by atoms with van der Waals surface area (Å²) < 4.78 is 13.5. The number of Topliss-reactive ketones (excluding diaryl/α,β-unsaturated/α-hetero) is 1. The third kappa shape index (κ3) is 2.65. The maximum Gasteiger partial charge on any atom is 0.168 e. The van der Waals surface area contributed by atoms with E-state index in [9.17, 15) is 9.18 Å². The first-order chi connectivity index (χ1) is 6.93. The van der Waals surface area contributed by atoms with Gasteiger partial charge in [-0.2, -0.15) is 0 Å². The van der Waals surface area contributed by atoms with Crippen LogP contribution in [0.25, 0.3) is 0 Å². The lowest BCUT2D eigenvalue weighted by atomic mass is 9.89. The molecule has 0 saturated carbocycles. The molecule has 1 aromatic rings. The van der Waals surface area contributed by atoms with Crippen molar-refractivity contribution in [2.24, 2.45) is 11.8 Å². The average molecular weight is 208 g/mol. The van der Waals surface area contributed by atoms with E-state index in [2.05, 4.69) is 0 Å². The van der Waals surface area contributed by atoms with Gasteiger partial charge in [0.1, 0.15) is 5.82 Å². The van der Waals surface area contributed by atoms with Crippen LogP contribution in [-0.2, 0) is 0 Å². The molecule has 0 aliphatic carbocycles.